The number of nitrogens with zero attached hydrogens (tertiary/aromatic N) is 2. The number of amides is 1. The molecular formula is C26H32N4O5S. The largest absolute Gasteiger partial charge is 0.497 e. The van der Waals surface area contributed by atoms with E-state index in [1.54, 1.807) is 43.6 Å². The van der Waals surface area contributed by atoms with Crippen molar-refractivity contribution in [3.63, 3.8) is 0 Å². The van der Waals surface area contributed by atoms with Crippen LogP contribution in [-0.2, 0) is 33.7 Å². The first-order valence-electron chi connectivity index (χ1n) is 11.4. The number of carbonyl (C=O) groups excluding carboxylic acids is 2. The average molecular weight is 513 g/mol. The highest BCUT2D eigenvalue weighted by atomic mass is 32.1. The van der Waals surface area contributed by atoms with Crippen LogP contribution in [0.4, 0.5) is 9.80 Å². The minimum absolute atomic E-state index is 0.175. The van der Waals surface area contributed by atoms with Gasteiger partial charge in [0.25, 0.3) is 0 Å². The van der Waals surface area contributed by atoms with Crippen LogP contribution < -0.4 is 10.6 Å². The van der Waals surface area contributed by atoms with E-state index in [-0.39, 0.29) is 12.6 Å². The Bertz CT molecular complexity index is 1140. The molecule has 2 N–H and O–H groups in total. The summed E-state index contributed by atoms with van der Waals surface area (Å²) < 4.78 is 15.4. The summed E-state index contributed by atoms with van der Waals surface area (Å²) in [7, 11) is 3.38. The summed E-state index contributed by atoms with van der Waals surface area (Å²) in [6, 6.07) is 4.03. The summed E-state index contributed by atoms with van der Waals surface area (Å²) in [6.45, 7) is 9.40. The van der Waals surface area contributed by atoms with Crippen LogP contribution in [0, 0.1) is 18.3 Å². The van der Waals surface area contributed by atoms with Crippen molar-refractivity contribution >= 4 is 28.7 Å². The standard InChI is InChI=1S/C16H18N4O3S.C10H14O2/c1-9-5-10(20-23-9)8-19-16(21)22-11-3-4-12-13(7-17)15(18-2)24-14(12)6-11;1-4-10(12-3)8-9(2)6-5-7-11/h5,11,18H,3-4,6,8H2,1-2H3,(H,19,21);4,7-8H,1-2,5-6H2,3H3/b;10-8+. The van der Waals surface area contributed by atoms with Gasteiger partial charge in [-0.2, -0.15) is 5.26 Å². The quantitative estimate of drug-likeness (QED) is 0.259. The van der Waals surface area contributed by atoms with Gasteiger partial charge in [0.2, 0.25) is 0 Å². The molecule has 0 radical (unpaired) electrons. The highest BCUT2D eigenvalue weighted by Crippen LogP contribution is 2.38. The van der Waals surface area contributed by atoms with Crippen molar-refractivity contribution in [3.05, 3.63) is 70.2 Å². The molecule has 1 aliphatic carbocycles. The topological polar surface area (TPSA) is 126 Å². The predicted molar refractivity (Wildman–Crippen MR) is 139 cm³/mol. The molecule has 10 heteroatoms. The maximum absolute atomic E-state index is 11.9. The Kier molecular flexibility index (Phi) is 11.5. The van der Waals surface area contributed by atoms with Gasteiger partial charge in [-0.25, -0.2) is 4.79 Å². The summed E-state index contributed by atoms with van der Waals surface area (Å²) in [5.74, 6) is 1.37. The number of hydrogen-bond donors (Lipinski definition) is 2. The van der Waals surface area contributed by atoms with Gasteiger partial charge in [0.15, 0.2) is 0 Å². The van der Waals surface area contributed by atoms with Gasteiger partial charge >= 0.3 is 6.09 Å². The van der Waals surface area contributed by atoms with Crippen LogP contribution in [0.2, 0.25) is 0 Å². The molecule has 1 atom stereocenters. The fraction of sp³-hybridized carbons (Fsp3) is 0.385. The number of methoxy groups -OCH3 is 1. The van der Waals surface area contributed by atoms with E-state index in [1.165, 1.54) is 0 Å². The van der Waals surface area contributed by atoms with Crippen LogP contribution in [0.15, 0.2) is 47.2 Å². The summed E-state index contributed by atoms with van der Waals surface area (Å²) in [4.78, 5) is 23.1. The maximum atomic E-state index is 11.9. The van der Waals surface area contributed by atoms with Gasteiger partial charge in [-0.05, 0) is 43.9 Å². The summed E-state index contributed by atoms with van der Waals surface area (Å²) >= 11 is 1.56. The van der Waals surface area contributed by atoms with Gasteiger partial charge in [0.05, 0.1) is 19.2 Å². The molecule has 0 saturated heterocycles. The number of fused-ring (bicyclic) bond motifs is 1. The van der Waals surface area contributed by atoms with E-state index >= 15 is 0 Å². The number of nitriles is 1. The summed E-state index contributed by atoms with van der Waals surface area (Å²) in [5, 5.41) is 19.7. The first kappa shape index (κ1) is 28.4. The first-order valence-corrected chi connectivity index (χ1v) is 12.2. The number of allylic oxidation sites excluding steroid dienone is 3. The highest BCUT2D eigenvalue weighted by Gasteiger charge is 2.27. The minimum Gasteiger partial charge on any atom is -0.497 e. The number of thiophene rings is 1. The van der Waals surface area contributed by atoms with Crippen LogP contribution in [0.5, 0.6) is 0 Å². The molecule has 36 heavy (non-hydrogen) atoms. The van der Waals surface area contributed by atoms with E-state index < -0.39 is 6.09 Å². The number of carbonyl (C=O) groups is 2. The second kappa shape index (κ2) is 14.5. The van der Waals surface area contributed by atoms with E-state index in [0.717, 1.165) is 45.7 Å². The molecule has 1 aliphatic rings. The lowest BCUT2D eigenvalue weighted by Gasteiger charge is -2.22. The third-order valence-electron chi connectivity index (χ3n) is 5.29. The maximum Gasteiger partial charge on any atom is 0.407 e. The van der Waals surface area contributed by atoms with Crippen molar-refractivity contribution < 1.29 is 23.6 Å². The molecule has 2 aromatic rings. The lowest BCUT2D eigenvalue weighted by Crippen LogP contribution is -2.31. The third-order valence-corrected chi connectivity index (χ3v) is 6.56. The fourth-order valence-corrected chi connectivity index (χ4v) is 4.74. The Morgan fingerprint density at radius 3 is 2.83 bits per heavy atom. The summed E-state index contributed by atoms with van der Waals surface area (Å²) in [6.07, 6.45) is 6.90. The fourth-order valence-electron chi connectivity index (χ4n) is 3.53. The molecule has 1 unspecified atom stereocenters. The average Bonchev–Trinajstić information content (AvgIpc) is 3.47. The second-order valence-electron chi connectivity index (χ2n) is 7.94. The van der Waals surface area contributed by atoms with Gasteiger partial charge in [0, 0.05) is 30.8 Å². The van der Waals surface area contributed by atoms with Gasteiger partial charge in [0.1, 0.15) is 40.7 Å². The summed E-state index contributed by atoms with van der Waals surface area (Å²) in [5.41, 5.74) is 3.34. The van der Waals surface area contributed by atoms with Crippen LogP contribution in [-0.4, -0.2) is 37.8 Å². The molecule has 0 saturated carbocycles. The van der Waals surface area contributed by atoms with E-state index in [2.05, 4.69) is 35.0 Å². The number of aromatic nitrogens is 1. The molecule has 0 spiro atoms. The minimum atomic E-state index is -0.463. The van der Waals surface area contributed by atoms with Crippen molar-refractivity contribution in [1.29, 1.82) is 5.26 Å². The third kappa shape index (κ3) is 8.43. The van der Waals surface area contributed by atoms with E-state index in [4.69, 9.17) is 14.0 Å². The smallest absolute Gasteiger partial charge is 0.407 e. The van der Waals surface area contributed by atoms with Crippen molar-refractivity contribution in [2.75, 3.05) is 19.5 Å². The monoisotopic (exact) mass is 512 g/mol. The zero-order chi connectivity index (χ0) is 26.5. The Balaban J connectivity index is 0.000000324. The molecule has 0 aliphatic heterocycles. The van der Waals surface area contributed by atoms with Gasteiger partial charge in [-0.1, -0.05) is 23.9 Å². The molecule has 0 aromatic carbocycles. The Morgan fingerprint density at radius 1 is 1.47 bits per heavy atom. The van der Waals surface area contributed by atoms with E-state index in [1.807, 2.05) is 7.05 Å². The van der Waals surface area contributed by atoms with Crippen molar-refractivity contribution in [1.82, 2.24) is 10.5 Å². The van der Waals surface area contributed by atoms with E-state index in [9.17, 15) is 14.9 Å². The van der Waals surface area contributed by atoms with Crippen LogP contribution in [0.25, 0.3) is 0 Å². The number of hydrogen-bond acceptors (Lipinski definition) is 9. The molecule has 192 valence electrons. The zero-order valence-electron chi connectivity index (χ0n) is 20.9. The number of aryl methyl sites for hydroxylation is 1. The van der Waals surface area contributed by atoms with Gasteiger partial charge in [-0.15, -0.1) is 11.3 Å². The lowest BCUT2D eigenvalue weighted by atomic mass is 9.94. The zero-order valence-corrected chi connectivity index (χ0v) is 21.7. The predicted octanol–water partition coefficient (Wildman–Crippen LogP) is 4.98. The number of rotatable bonds is 10. The number of aldehydes is 1. The lowest BCUT2D eigenvalue weighted by molar-refractivity contribution is -0.107. The van der Waals surface area contributed by atoms with Crippen molar-refractivity contribution in [3.8, 4) is 6.07 Å². The number of alkyl carbamates (subject to hydrolysis) is 1. The number of ether oxygens (including phenoxy) is 2. The number of anilines is 1. The number of nitrogens with one attached hydrogen (secondary N) is 2. The second-order valence-corrected chi connectivity index (χ2v) is 9.05. The van der Waals surface area contributed by atoms with Crippen molar-refractivity contribution in [2.24, 2.45) is 0 Å². The van der Waals surface area contributed by atoms with Gasteiger partial charge in [-0.3, -0.25) is 0 Å². The van der Waals surface area contributed by atoms with Crippen LogP contribution >= 0.6 is 11.3 Å². The van der Waals surface area contributed by atoms with Crippen LogP contribution in [0.3, 0.4) is 0 Å². The molecule has 2 aromatic heterocycles. The van der Waals surface area contributed by atoms with Crippen molar-refractivity contribution in [2.45, 2.75) is 51.7 Å². The molecule has 0 fully saturated rings. The molecule has 1 amide bonds. The molecule has 2 heterocycles. The molecule has 0 bridgehead atoms. The highest BCUT2D eigenvalue weighted by molar-refractivity contribution is 7.16. The molecule has 9 nitrogen and oxygen atoms in total. The Morgan fingerprint density at radius 2 is 2.25 bits per heavy atom. The first-order chi connectivity index (χ1) is 17.3. The van der Waals surface area contributed by atoms with Gasteiger partial charge < -0.3 is 29.4 Å². The Labute approximate surface area is 215 Å². The SMILES string of the molecule is C=C/C(=C\C(=C)CCC=O)OC.CNc1sc2c(c1C#N)CCC(OC(=O)NCc1cc(C)on1)C2. The molecular weight excluding hydrogens is 480 g/mol. The molecule has 3 rings (SSSR count). The van der Waals surface area contributed by atoms with E-state index in [0.29, 0.717) is 36.5 Å². The Hall–Kier alpha value is -3.84. The van der Waals surface area contributed by atoms with Crippen LogP contribution in [0.1, 0.15) is 46.7 Å². The normalized spacial score (nSPS) is 14.3.